The zero-order valence-electron chi connectivity index (χ0n) is 15.0. The maximum absolute atomic E-state index is 12.5. The highest BCUT2D eigenvalue weighted by Crippen LogP contribution is 2.35. The highest BCUT2D eigenvalue weighted by molar-refractivity contribution is 5.76. The number of ether oxygens (including phenoxy) is 1. The van der Waals surface area contributed by atoms with Gasteiger partial charge in [-0.15, -0.1) is 0 Å². The average Bonchev–Trinajstić information content (AvgIpc) is 3.14. The average molecular weight is 344 g/mol. The van der Waals surface area contributed by atoms with Crippen molar-refractivity contribution in [2.45, 2.75) is 31.6 Å². The molecule has 3 atom stereocenters. The zero-order chi connectivity index (χ0) is 17.2. The number of aromatic nitrogens is 1. The molecule has 0 aliphatic carbocycles. The van der Waals surface area contributed by atoms with E-state index in [1.807, 2.05) is 23.2 Å². The highest BCUT2D eigenvalue weighted by Gasteiger charge is 2.42. The Kier molecular flexibility index (Phi) is 5.01. The molecule has 3 saturated heterocycles. The van der Waals surface area contributed by atoms with Crippen LogP contribution in [0, 0.1) is 5.92 Å². The van der Waals surface area contributed by atoms with Crippen LogP contribution in [0.2, 0.25) is 0 Å². The number of carbonyl (C=O) groups excluding carboxylic acids is 1. The molecule has 4 rings (SSSR count). The quantitative estimate of drug-likeness (QED) is 0.810. The topological polar surface area (TPSA) is 48.9 Å². The largest absolute Gasteiger partial charge is 0.373 e. The minimum atomic E-state index is 0.110. The number of rotatable bonds is 4. The molecule has 0 saturated carbocycles. The zero-order valence-corrected chi connectivity index (χ0v) is 15.0. The van der Waals surface area contributed by atoms with Gasteiger partial charge in [0.25, 0.3) is 0 Å². The number of piperazine rings is 1. The van der Waals surface area contributed by atoms with E-state index < -0.39 is 0 Å². The number of amides is 1. The number of fused-ring (bicyclic) bond motifs is 1. The summed E-state index contributed by atoms with van der Waals surface area (Å²) in [5, 5.41) is 0. The van der Waals surface area contributed by atoms with Crippen LogP contribution in [0.1, 0.15) is 18.5 Å². The lowest BCUT2D eigenvalue weighted by atomic mass is 10.0. The Balaban J connectivity index is 1.23. The summed E-state index contributed by atoms with van der Waals surface area (Å²) >= 11 is 0. The Bertz CT molecular complexity index is 574. The molecule has 3 aliphatic rings. The van der Waals surface area contributed by atoms with Crippen LogP contribution in [0.4, 0.5) is 0 Å². The molecule has 0 N–H and O–H groups in total. The van der Waals surface area contributed by atoms with Gasteiger partial charge in [-0.2, -0.15) is 0 Å². The van der Waals surface area contributed by atoms with Crippen LogP contribution in [0.5, 0.6) is 0 Å². The minimum Gasteiger partial charge on any atom is -0.373 e. The second kappa shape index (κ2) is 7.40. The van der Waals surface area contributed by atoms with Crippen molar-refractivity contribution in [3.8, 4) is 0 Å². The van der Waals surface area contributed by atoms with E-state index in [-0.39, 0.29) is 18.1 Å². The maximum atomic E-state index is 12.5. The van der Waals surface area contributed by atoms with Crippen molar-refractivity contribution >= 4 is 5.91 Å². The third-order valence-electron chi connectivity index (χ3n) is 5.76. The molecule has 6 heteroatoms. The second-order valence-electron chi connectivity index (χ2n) is 7.70. The van der Waals surface area contributed by atoms with Crippen molar-refractivity contribution in [1.82, 2.24) is 19.7 Å². The van der Waals surface area contributed by atoms with Gasteiger partial charge in [0.15, 0.2) is 0 Å². The van der Waals surface area contributed by atoms with E-state index in [2.05, 4.69) is 27.9 Å². The fourth-order valence-corrected chi connectivity index (χ4v) is 4.31. The van der Waals surface area contributed by atoms with Crippen molar-refractivity contribution in [3.05, 3.63) is 30.1 Å². The number of carbonyl (C=O) groups is 1. The Labute approximate surface area is 149 Å². The van der Waals surface area contributed by atoms with Crippen molar-refractivity contribution in [1.29, 1.82) is 0 Å². The Morgan fingerprint density at radius 2 is 2.08 bits per heavy atom. The summed E-state index contributed by atoms with van der Waals surface area (Å²) in [5.41, 5.74) is 1.12. The van der Waals surface area contributed by atoms with Gasteiger partial charge in [-0.25, -0.2) is 0 Å². The molecule has 25 heavy (non-hydrogen) atoms. The predicted octanol–water partition coefficient (Wildman–Crippen LogP) is 0.835. The third-order valence-corrected chi connectivity index (χ3v) is 5.76. The van der Waals surface area contributed by atoms with Crippen LogP contribution in [0.3, 0.4) is 0 Å². The number of nitrogens with zero attached hydrogens (tertiary/aromatic N) is 4. The molecule has 0 unspecified atom stereocenters. The molecule has 0 aromatic carbocycles. The molecular weight excluding hydrogens is 316 g/mol. The molecule has 0 radical (unpaired) electrons. The molecule has 6 nitrogen and oxygen atoms in total. The van der Waals surface area contributed by atoms with E-state index in [4.69, 9.17) is 4.74 Å². The molecule has 1 amide bonds. The van der Waals surface area contributed by atoms with Gasteiger partial charge < -0.3 is 14.5 Å². The molecular formula is C19H28N4O2. The summed E-state index contributed by atoms with van der Waals surface area (Å²) in [6.45, 7) is 6.57. The second-order valence-corrected chi connectivity index (χ2v) is 7.70. The monoisotopic (exact) mass is 344 g/mol. The summed E-state index contributed by atoms with van der Waals surface area (Å²) in [6.07, 6.45) is 3.82. The number of hydrogen-bond acceptors (Lipinski definition) is 5. The van der Waals surface area contributed by atoms with E-state index in [0.717, 1.165) is 57.9 Å². The van der Waals surface area contributed by atoms with Gasteiger partial charge in [-0.3, -0.25) is 14.7 Å². The van der Waals surface area contributed by atoms with E-state index in [1.54, 1.807) is 0 Å². The minimum absolute atomic E-state index is 0.110. The van der Waals surface area contributed by atoms with E-state index >= 15 is 0 Å². The van der Waals surface area contributed by atoms with E-state index in [9.17, 15) is 4.79 Å². The molecule has 1 aromatic rings. The normalized spacial score (nSPS) is 30.6. The number of hydrogen-bond donors (Lipinski definition) is 0. The van der Waals surface area contributed by atoms with Crippen LogP contribution in [-0.2, 0) is 16.1 Å². The van der Waals surface area contributed by atoms with Crippen LogP contribution >= 0.6 is 0 Å². The first kappa shape index (κ1) is 16.9. The van der Waals surface area contributed by atoms with Crippen LogP contribution in [0.25, 0.3) is 0 Å². The first-order chi connectivity index (χ1) is 12.2. The third kappa shape index (κ3) is 4.02. The Hall–Kier alpha value is -1.50. The summed E-state index contributed by atoms with van der Waals surface area (Å²) in [7, 11) is 2.11. The standard InChI is InChI=1S/C19H28N4O2/c1-21-6-8-23(9-7-21)19(24)11-17-10-15-12-22(14-18(15)25-17)13-16-4-2-3-5-20-16/h2-5,15,17-18H,6-14H2,1H3/t15-,17+,18+/m1/s1. The molecule has 0 spiro atoms. The summed E-state index contributed by atoms with van der Waals surface area (Å²) in [6, 6.07) is 6.06. The fraction of sp³-hybridized carbons (Fsp3) is 0.684. The van der Waals surface area contributed by atoms with Gasteiger partial charge in [-0.1, -0.05) is 6.07 Å². The molecule has 1 aromatic heterocycles. The first-order valence-electron chi connectivity index (χ1n) is 9.41. The van der Waals surface area contributed by atoms with Gasteiger partial charge in [0.1, 0.15) is 0 Å². The highest BCUT2D eigenvalue weighted by atomic mass is 16.5. The van der Waals surface area contributed by atoms with E-state index in [1.165, 1.54) is 0 Å². The fourth-order valence-electron chi connectivity index (χ4n) is 4.31. The molecule has 3 aliphatic heterocycles. The number of pyridine rings is 1. The van der Waals surface area contributed by atoms with Gasteiger partial charge in [0, 0.05) is 57.9 Å². The lowest BCUT2D eigenvalue weighted by Crippen LogP contribution is -2.47. The Morgan fingerprint density at radius 1 is 1.24 bits per heavy atom. The summed E-state index contributed by atoms with van der Waals surface area (Å²) in [4.78, 5) is 23.6. The van der Waals surface area contributed by atoms with Crippen LogP contribution < -0.4 is 0 Å². The van der Waals surface area contributed by atoms with Crippen LogP contribution in [-0.4, -0.2) is 84.1 Å². The van der Waals surface area contributed by atoms with Crippen molar-refractivity contribution in [3.63, 3.8) is 0 Å². The van der Waals surface area contributed by atoms with Gasteiger partial charge in [0.2, 0.25) is 5.91 Å². The molecule has 0 bridgehead atoms. The Morgan fingerprint density at radius 3 is 2.80 bits per heavy atom. The van der Waals surface area contributed by atoms with E-state index in [0.29, 0.717) is 12.3 Å². The molecule has 4 heterocycles. The van der Waals surface area contributed by atoms with Crippen molar-refractivity contribution in [2.75, 3.05) is 46.3 Å². The number of likely N-dealkylation sites (tertiary alicyclic amines) is 1. The number of likely N-dealkylation sites (N-methyl/N-ethyl adjacent to an activating group) is 1. The smallest absolute Gasteiger partial charge is 0.225 e. The summed E-state index contributed by atoms with van der Waals surface area (Å²) < 4.78 is 6.22. The first-order valence-corrected chi connectivity index (χ1v) is 9.41. The lowest BCUT2D eigenvalue weighted by Gasteiger charge is -2.33. The SMILES string of the molecule is CN1CCN(C(=O)C[C@@H]2C[C@@H]3CN(Cc4ccccn4)C[C@@H]3O2)CC1. The molecule has 136 valence electrons. The van der Waals surface area contributed by atoms with Crippen molar-refractivity contribution < 1.29 is 9.53 Å². The summed E-state index contributed by atoms with van der Waals surface area (Å²) in [5.74, 6) is 0.831. The lowest BCUT2D eigenvalue weighted by molar-refractivity contribution is -0.135. The van der Waals surface area contributed by atoms with Crippen LogP contribution in [0.15, 0.2) is 24.4 Å². The van der Waals surface area contributed by atoms with Crippen molar-refractivity contribution in [2.24, 2.45) is 5.92 Å². The van der Waals surface area contributed by atoms with Gasteiger partial charge in [-0.05, 0) is 25.6 Å². The van der Waals surface area contributed by atoms with Gasteiger partial charge in [0.05, 0.1) is 24.3 Å². The predicted molar refractivity (Wildman–Crippen MR) is 95.0 cm³/mol. The van der Waals surface area contributed by atoms with Gasteiger partial charge >= 0.3 is 0 Å². The molecule has 3 fully saturated rings. The maximum Gasteiger partial charge on any atom is 0.225 e.